The van der Waals surface area contributed by atoms with Gasteiger partial charge in [0.1, 0.15) is 6.07 Å². The minimum Gasteiger partial charge on any atom is -0.421 e. The molecular formula is C15H19N3O2. The van der Waals surface area contributed by atoms with Crippen LogP contribution in [0.15, 0.2) is 4.42 Å². The molecule has 1 atom stereocenters. The van der Waals surface area contributed by atoms with Gasteiger partial charge in [-0.05, 0) is 62.7 Å². The molecular weight excluding hydrogens is 254 g/mol. The van der Waals surface area contributed by atoms with Gasteiger partial charge in [-0.1, -0.05) is 0 Å². The molecule has 1 heterocycles. The quantitative estimate of drug-likeness (QED) is 0.836. The van der Waals surface area contributed by atoms with E-state index >= 15 is 0 Å². The van der Waals surface area contributed by atoms with Crippen molar-refractivity contribution in [2.24, 2.45) is 23.7 Å². The second-order valence-corrected chi connectivity index (χ2v) is 7.09. The summed E-state index contributed by atoms with van der Waals surface area (Å²) in [4.78, 5) is 0. The van der Waals surface area contributed by atoms with Gasteiger partial charge in [-0.25, -0.2) is 0 Å². The van der Waals surface area contributed by atoms with E-state index in [1.807, 2.05) is 0 Å². The lowest BCUT2D eigenvalue weighted by molar-refractivity contribution is -0.0133. The molecule has 5 heteroatoms. The molecule has 4 aliphatic rings. The molecule has 0 spiro atoms. The van der Waals surface area contributed by atoms with Crippen molar-refractivity contribution < 1.29 is 9.52 Å². The first-order valence-corrected chi connectivity index (χ1v) is 7.54. The van der Waals surface area contributed by atoms with E-state index in [0.717, 1.165) is 11.8 Å². The van der Waals surface area contributed by atoms with E-state index in [2.05, 4.69) is 10.2 Å². The summed E-state index contributed by atoms with van der Waals surface area (Å²) in [6.07, 6.45) is 6.54. The highest BCUT2D eigenvalue weighted by atomic mass is 16.4. The first-order valence-electron chi connectivity index (χ1n) is 7.54. The summed E-state index contributed by atoms with van der Waals surface area (Å²) in [5.74, 6) is 4.14. The summed E-state index contributed by atoms with van der Waals surface area (Å²) in [6, 6.07) is 1.80. The molecule has 0 aliphatic heterocycles. The Bertz CT molecular complexity index is 544. The molecule has 4 saturated carbocycles. The maximum absolute atomic E-state index is 9.90. The summed E-state index contributed by atoms with van der Waals surface area (Å²) >= 11 is 0. The largest absolute Gasteiger partial charge is 0.421 e. The number of aliphatic hydroxyl groups is 1. The van der Waals surface area contributed by atoms with Crippen LogP contribution in [0.2, 0.25) is 0 Å². The number of nitrogens with zero attached hydrogens (tertiary/aromatic N) is 3. The summed E-state index contributed by atoms with van der Waals surface area (Å²) in [5, 5.41) is 26.9. The lowest BCUT2D eigenvalue weighted by Crippen LogP contribution is -2.43. The van der Waals surface area contributed by atoms with Crippen molar-refractivity contribution in [3.8, 4) is 6.07 Å². The second-order valence-electron chi connectivity index (χ2n) is 7.09. The molecule has 20 heavy (non-hydrogen) atoms. The molecule has 0 radical (unpaired) electrons. The zero-order chi connectivity index (χ0) is 13.9. The average Bonchev–Trinajstić information content (AvgIpc) is 2.88. The fourth-order valence-corrected chi connectivity index (χ4v) is 4.94. The van der Waals surface area contributed by atoms with Crippen LogP contribution >= 0.6 is 0 Å². The summed E-state index contributed by atoms with van der Waals surface area (Å²) in [6.45, 7) is 1.39. The molecule has 4 fully saturated rings. The lowest BCUT2D eigenvalue weighted by Gasteiger charge is -2.53. The molecule has 4 aliphatic carbocycles. The van der Waals surface area contributed by atoms with Crippen molar-refractivity contribution in [3.63, 3.8) is 0 Å². The zero-order valence-corrected chi connectivity index (χ0v) is 11.6. The van der Waals surface area contributed by atoms with Gasteiger partial charge in [0.25, 0.3) is 5.89 Å². The SMILES string of the molecule is CC(O)(C#N)c1nnc(C2C3CC4CC(C3)CC2C4)o1. The van der Waals surface area contributed by atoms with Gasteiger partial charge in [0.05, 0.1) is 0 Å². The molecule has 1 aromatic heterocycles. The number of nitriles is 1. The molecule has 0 aromatic carbocycles. The molecule has 1 aromatic rings. The smallest absolute Gasteiger partial charge is 0.262 e. The predicted molar refractivity (Wildman–Crippen MR) is 69.3 cm³/mol. The van der Waals surface area contributed by atoms with E-state index < -0.39 is 5.60 Å². The number of hydrogen-bond acceptors (Lipinski definition) is 5. The number of hydrogen-bond donors (Lipinski definition) is 1. The molecule has 0 saturated heterocycles. The summed E-state index contributed by atoms with van der Waals surface area (Å²) in [5.41, 5.74) is -1.68. The van der Waals surface area contributed by atoms with Crippen LogP contribution in [0, 0.1) is 35.0 Å². The van der Waals surface area contributed by atoms with Crippen LogP contribution in [-0.4, -0.2) is 15.3 Å². The summed E-state index contributed by atoms with van der Waals surface area (Å²) in [7, 11) is 0. The molecule has 5 rings (SSSR count). The van der Waals surface area contributed by atoms with Crippen LogP contribution in [-0.2, 0) is 5.60 Å². The first kappa shape index (κ1) is 12.3. The highest BCUT2D eigenvalue weighted by Gasteiger charge is 2.50. The highest BCUT2D eigenvalue weighted by molar-refractivity contribution is 5.12. The molecule has 1 unspecified atom stereocenters. The van der Waals surface area contributed by atoms with Crippen molar-refractivity contribution in [1.82, 2.24) is 10.2 Å². The van der Waals surface area contributed by atoms with Gasteiger partial charge in [-0.15, -0.1) is 10.2 Å². The predicted octanol–water partition coefficient (Wildman–Crippen LogP) is 2.34. The van der Waals surface area contributed by atoms with Gasteiger partial charge >= 0.3 is 0 Å². The maximum atomic E-state index is 9.90. The Morgan fingerprint density at radius 2 is 1.75 bits per heavy atom. The monoisotopic (exact) mass is 273 g/mol. The van der Waals surface area contributed by atoms with E-state index in [1.165, 1.54) is 39.0 Å². The van der Waals surface area contributed by atoms with Gasteiger partial charge in [-0.3, -0.25) is 0 Å². The van der Waals surface area contributed by atoms with Crippen LogP contribution in [0.4, 0.5) is 0 Å². The Labute approximate surface area is 118 Å². The van der Waals surface area contributed by atoms with Crippen molar-refractivity contribution in [2.45, 2.75) is 50.5 Å². The maximum Gasteiger partial charge on any atom is 0.262 e. The Morgan fingerprint density at radius 1 is 1.15 bits per heavy atom. The van der Waals surface area contributed by atoms with E-state index in [-0.39, 0.29) is 5.89 Å². The third-order valence-corrected chi connectivity index (χ3v) is 5.59. The van der Waals surface area contributed by atoms with Gasteiger partial charge in [-0.2, -0.15) is 5.26 Å². The second kappa shape index (κ2) is 4.05. The van der Waals surface area contributed by atoms with Gasteiger partial charge < -0.3 is 9.52 Å². The summed E-state index contributed by atoms with van der Waals surface area (Å²) < 4.78 is 5.67. The Hall–Kier alpha value is -1.41. The van der Waals surface area contributed by atoms with Gasteiger partial charge in [0.15, 0.2) is 0 Å². The topological polar surface area (TPSA) is 82.9 Å². The molecule has 106 valence electrons. The molecule has 5 nitrogen and oxygen atoms in total. The van der Waals surface area contributed by atoms with Crippen LogP contribution in [0.1, 0.15) is 56.7 Å². The Morgan fingerprint density at radius 3 is 2.30 bits per heavy atom. The normalized spacial score (nSPS) is 41.4. The lowest BCUT2D eigenvalue weighted by atomic mass is 9.52. The Balaban J connectivity index is 1.64. The van der Waals surface area contributed by atoms with Crippen molar-refractivity contribution in [1.29, 1.82) is 5.26 Å². The zero-order valence-electron chi connectivity index (χ0n) is 11.6. The van der Waals surface area contributed by atoms with Gasteiger partial charge in [0, 0.05) is 5.92 Å². The Kier molecular flexibility index (Phi) is 2.50. The molecule has 1 N–H and O–H groups in total. The molecule has 0 amide bonds. The number of rotatable bonds is 2. The third kappa shape index (κ3) is 1.71. The van der Waals surface area contributed by atoms with Crippen LogP contribution in [0.3, 0.4) is 0 Å². The van der Waals surface area contributed by atoms with E-state index in [9.17, 15) is 5.11 Å². The van der Waals surface area contributed by atoms with E-state index in [0.29, 0.717) is 23.6 Å². The standard InChI is InChI=1S/C15H19N3O2/c1-15(19,7-16)14-18-17-13(20-14)12-10-3-8-2-9(5-10)6-11(12)4-8/h8-12,19H,2-6H2,1H3. The fourth-order valence-electron chi connectivity index (χ4n) is 4.94. The van der Waals surface area contributed by atoms with E-state index in [1.54, 1.807) is 6.07 Å². The van der Waals surface area contributed by atoms with Crippen LogP contribution in [0.25, 0.3) is 0 Å². The van der Waals surface area contributed by atoms with Crippen LogP contribution < -0.4 is 0 Å². The van der Waals surface area contributed by atoms with Crippen LogP contribution in [0.5, 0.6) is 0 Å². The minimum atomic E-state index is -1.68. The molecule has 4 bridgehead atoms. The minimum absolute atomic E-state index is 0.0313. The van der Waals surface area contributed by atoms with Crippen molar-refractivity contribution >= 4 is 0 Å². The van der Waals surface area contributed by atoms with Crippen molar-refractivity contribution in [3.05, 3.63) is 11.8 Å². The average molecular weight is 273 g/mol. The highest BCUT2D eigenvalue weighted by Crippen LogP contribution is 2.59. The van der Waals surface area contributed by atoms with E-state index in [4.69, 9.17) is 9.68 Å². The fraction of sp³-hybridized carbons (Fsp3) is 0.800. The first-order chi connectivity index (χ1) is 9.56. The third-order valence-electron chi connectivity index (χ3n) is 5.59. The number of aromatic nitrogens is 2. The van der Waals surface area contributed by atoms with Crippen molar-refractivity contribution in [2.75, 3.05) is 0 Å². The van der Waals surface area contributed by atoms with Gasteiger partial charge in [0.2, 0.25) is 11.5 Å².